The van der Waals surface area contributed by atoms with Crippen molar-refractivity contribution in [2.75, 3.05) is 26.1 Å². The highest BCUT2D eigenvalue weighted by Crippen LogP contribution is 2.27. The number of carbonyl (C=O) groups is 2. The van der Waals surface area contributed by atoms with Gasteiger partial charge in [0.25, 0.3) is 0 Å². The highest BCUT2D eigenvalue weighted by molar-refractivity contribution is 5.96. The van der Waals surface area contributed by atoms with Crippen LogP contribution in [0.5, 0.6) is 11.5 Å². The number of carboxylic acid groups (broad SMARTS) is 1. The molecule has 0 spiro atoms. The van der Waals surface area contributed by atoms with Gasteiger partial charge in [-0.1, -0.05) is 36.4 Å². The van der Waals surface area contributed by atoms with E-state index in [0.29, 0.717) is 30.2 Å². The molecule has 0 fully saturated rings. The Morgan fingerprint density at radius 1 is 0.935 bits per heavy atom. The maximum absolute atomic E-state index is 12.4. The largest absolute Gasteiger partial charge is 0.493 e. The number of ether oxygens (including phenoxy) is 2. The van der Waals surface area contributed by atoms with Crippen LogP contribution in [0.2, 0.25) is 0 Å². The van der Waals surface area contributed by atoms with Gasteiger partial charge >= 0.3 is 5.97 Å². The van der Waals surface area contributed by atoms with Gasteiger partial charge in [-0.25, -0.2) is 0 Å². The molecule has 3 rings (SSSR count). The van der Waals surface area contributed by atoms with E-state index in [-0.39, 0.29) is 12.3 Å². The summed E-state index contributed by atoms with van der Waals surface area (Å²) in [7, 11) is 3.13. The molecule has 31 heavy (non-hydrogen) atoms. The van der Waals surface area contributed by atoms with Gasteiger partial charge in [-0.15, -0.1) is 0 Å². The van der Waals surface area contributed by atoms with Crippen LogP contribution in [0.3, 0.4) is 0 Å². The van der Waals surface area contributed by atoms with Crippen LogP contribution in [-0.4, -0.2) is 43.8 Å². The molecule has 1 amide bonds. The molecule has 0 saturated carbocycles. The minimum Gasteiger partial charge on any atom is -0.493 e. The van der Waals surface area contributed by atoms with Gasteiger partial charge in [0.05, 0.1) is 20.6 Å². The molecule has 0 aliphatic heterocycles. The highest BCUT2D eigenvalue weighted by Gasteiger charge is 2.20. The lowest BCUT2D eigenvalue weighted by Gasteiger charge is -2.15. The summed E-state index contributed by atoms with van der Waals surface area (Å²) >= 11 is 0. The maximum Gasteiger partial charge on any atom is 0.321 e. The minimum absolute atomic E-state index is 0.173. The van der Waals surface area contributed by atoms with E-state index in [2.05, 4.69) is 10.6 Å². The molecule has 0 bridgehead atoms. The smallest absolute Gasteiger partial charge is 0.321 e. The molecule has 3 aromatic rings. The predicted octanol–water partition coefficient (Wildman–Crippen LogP) is 3.47. The third-order valence-electron chi connectivity index (χ3n) is 4.97. The van der Waals surface area contributed by atoms with Crippen molar-refractivity contribution < 1.29 is 24.2 Å². The molecule has 1 unspecified atom stereocenters. The van der Waals surface area contributed by atoms with E-state index in [9.17, 15) is 14.7 Å². The van der Waals surface area contributed by atoms with Crippen LogP contribution in [0.15, 0.2) is 60.7 Å². The van der Waals surface area contributed by atoms with Gasteiger partial charge in [-0.05, 0) is 53.6 Å². The fourth-order valence-electron chi connectivity index (χ4n) is 3.34. The van der Waals surface area contributed by atoms with E-state index in [0.717, 1.165) is 16.3 Å². The van der Waals surface area contributed by atoms with E-state index >= 15 is 0 Å². The Morgan fingerprint density at radius 3 is 2.39 bits per heavy atom. The van der Waals surface area contributed by atoms with Crippen molar-refractivity contribution in [1.82, 2.24) is 5.32 Å². The molecule has 7 nitrogen and oxygen atoms in total. The Balaban J connectivity index is 1.55. The topological polar surface area (TPSA) is 96.9 Å². The van der Waals surface area contributed by atoms with Gasteiger partial charge in [0.2, 0.25) is 5.91 Å². The fraction of sp³-hybridized carbons (Fsp3) is 0.250. The molecular weight excluding hydrogens is 396 g/mol. The first-order valence-corrected chi connectivity index (χ1v) is 9.96. The Kier molecular flexibility index (Phi) is 7.45. The van der Waals surface area contributed by atoms with Crippen LogP contribution < -0.4 is 20.1 Å². The van der Waals surface area contributed by atoms with Crippen molar-refractivity contribution in [1.29, 1.82) is 0 Å². The van der Waals surface area contributed by atoms with Gasteiger partial charge in [-0.3, -0.25) is 9.59 Å². The van der Waals surface area contributed by atoms with Crippen LogP contribution in [0.4, 0.5) is 5.69 Å². The molecule has 3 aromatic carbocycles. The second kappa shape index (κ2) is 10.4. The molecule has 162 valence electrons. The van der Waals surface area contributed by atoms with Gasteiger partial charge in [0.1, 0.15) is 6.04 Å². The zero-order valence-corrected chi connectivity index (χ0v) is 17.6. The molecule has 0 aromatic heterocycles. The number of amides is 1. The lowest BCUT2D eigenvalue weighted by atomic mass is 10.1. The number of aliphatic carboxylic acids is 1. The van der Waals surface area contributed by atoms with Crippen molar-refractivity contribution in [3.8, 4) is 11.5 Å². The normalized spacial score (nSPS) is 11.7. The molecule has 0 heterocycles. The van der Waals surface area contributed by atoms with E-state index in [1.807, 2.05) is 48.5 Å². The average Bonchev–Trinajstić information content (AvgIpc) is 2.78. The van der Waals surface area contributed by atoms with E-state index in [1.165, 1.54) is 0 Å². The quantitative estimate of drug-likeness (QED) is 0.463. The summed E-state index contributed by atoms with van der Waals surface area (Å²) in [6, 6.07) is 18.0. The second-order valence-corrected chi connectivity index (χ2v) is 7.10. The number of nitrogens with one attached hydrogen (secondary N) is 2. The van der Waals surface area contributed by atoms with Crippen molar-refractivity contribution in [2.24, 2.45) is 0 Å². The first-order valence-electron chi connectivity index (χ1n) is 9.96. The number of hydrogen-bond acceptors (Lipinski definition) is 5. The molecule has 0 radical (unpaired) electrons. The number of anilines is 1. The SMILES string of the molecule is COc1ccc(CCNC(CC(=O)Nc2ccc3ccccc3c2)C(=O)O)cc1OC. The second-order valence-electron chi connectivity index (χ2n) is 7.10. The van der Waals surface area contributed by atoms with Crippen molar-refractivity contribution in [3.63, 3.8) is 0 Å². The zero-order valence-electron chi connectivity index (χ0n) is 17.6. The summed E-state index contributed by atoms with van der Waals surface area (Å²) in [5, 5.41) is 17.3. The lowest BCUT2D eigenvalue weighted by molar-refractivity contribution is -0.141. The molecule has 7 heteroatoms. The molecule has 1 atom stereocenters. The van der Waals surface area contributed by atoms with Crippen molar-refractivity contribution in [2.45, 2.75) is 18.9 Å². The Hall–Kier alpha value is -3.58. The van der Waals surface area contributed by atoms with Crippen LogP contribution in [0.1, 0.15) is 12.0 Å². The number of fused-ring (bicyclic) bond motifs is 1. The summed E-state index contributed by atoms with van der Waals surface area (Å²) in [6.45, 7) is 0.399. The first-order chi connectivity index (χ1) is 15.0. The van der Waals surface area contributed by atoms with Crippen molar-refractivity contribution in [3.05, 3.63) is 66.2 Å². The molecule has 0 aliphatic carbocycles. The number of carbonyl (C=O) groups excluding carboxylic acids is 1. The van der Waals surface area contributed by atoms with Gasteiger partial charge in [0, 0.05) is 5.69 Å². The third kappa shape index (κ3) is 5.96. The summed E-state index contributed by atoms with van der Waals surface area (Å²) in [5.41, 5.74) is 1.60. The number of benzene rings is 3. The van der Waals surface area contributed by atoms with E-state index in [4.69, 9.17) is 9.47 Å². The number of carboxylic acids is 1. The summed E-state index contributed by atoms with van der Waals surface area (Å²) < 4.78 is 10.5. The number of rotatable bonds is 10. The van der Waals surface area contributed by atoms with Gasteiger partial charge in [0.15, 0.2) is 11.5 Å². The Labute approximate surface area is 181 Å². The number of hydrogen-bond donors (Lipinski definition) is 3. The minimum atomic E-state index is -1.07. The number of methoxy groups -OCH3 is 2. The molecule has 0 saturated heterocycles. The van der Waals surface area contributed by atoms with Gasteiger partial charge < -0.3 is 25.2 Å². The molecular formula is C24H26N2O5. The van der Waals surface area contributed by atoms with Crippen LogP contribution >= 0.6 is 0 Å². The average molecular weight is 422 g/mol. The lowest BCUT2D eigenvalue weighted by Crippen LogP contribution is -2.40. The third-order valence-corrected chi connectivity index (χ3v) is 4.97. The van der Waals surface area contributed by atoms with Gasteiger partial charge in [-0.2, -0.15) is 0 Å². The molecule has 0 aliphatic rings. The fourth-order valence-corrected chi connectivity index (χ4v) is 3.34. The van der Waals surface area contributed by atoms with E-state index in [1.54, 1.807) is 26.4 Å². The van der Waals surface area contributed by atoms with Crippen LogP contribution in [-0.2, 0) is 16.0 Å². The predicted molar refractivity (Wildman–Crippen MR) is 120 cm³/mol. The Bertz CT molecular complexity index is 1070. The summed E-state index contributed by atoms with van der Waals surface area (Å²) in [5.74, 6) is -0.181. The van der Waals surface area contributed by atoms with Crippen LogP contribution in [0.25, 0.3) is 10.8 Å². The van der Waals surface area contributed by atoms with Crippen molar-refractivity contribution >= 4 is 28.3 Å². The zero-order chi connectivity index (χ0) is 22.2. The highest BCUT2D eigenvalue weighted by atomic mass is 16.5. The first kappa shape index (κ1) is 22.1. The van der Waals surface area contributed by atoms with Crippen LogP contribution in [0, 0.1) is 0 Å². The standard InChI is InChI=1S/C24H26N2O5/c1-30-21-10-7-16(13-22(21)31-2)11-12-25-20(24(28)29)15-23(27)26-19-9-8-17-5-3-4-6-18(17)14-19/h3-10,13-14,20,25H,11-12,15H2,1-2H3,(H,26,27)(H,28,29). The monoisotopic (exact) mass is 422 g/mol. The Morgan fingerprint density at radius 2 is 1.68 bits per heavy atom. The summed E-state index contributed by atoms with van der Waals surface area (Å²) in [4.78, 5) is 24.0. The van der Waals surface area contributed by atoms with E-state index < -0.39 is 12.0 Å². The maximum atomic E-state index is 12.4. The molecule has 3 N–H and O–H groups in total. The summed E-state index contributed by atoms with van der Waals surface area (Å²) in [6.07, 6.45) is 0.407.